The number of hydrogen-bond donors (Lipinski definition) is 0. The standard InChI is InChI=1S/C16H24N2O2S.CH3.ClH.Ru/c1-12-6-5-7-13(2)14(12)10-11-21(19,20)18-16-9-4-3-8-15(16)17;;;/h5-7,15-17H,3-4,8-11H2,1-2H3;1H3;1H;/q-2;-1;;+4/p-1. The topological polar surface area (TPSA) is 72.0 Å². The molecule has 0 aliphatic heterocycles. The summed E-state index contributed by atoms with van der Waals surface area (Å²) in [6, 6.07) is 5.32. The monoisotopic (exact) mass is 460 g/mol. The first-order valence-electron chi connectivity index (χ1n) is 7.73. The van der Waals surface area contributed by atoms with E-state index >= 15 is 0 Å². The van der Waals surface area contributed by atoms with Gasteiger partial charge in [-0.2, -0.15) is 6.04 Å². The summed E-state index contributed by atoms with van der Waals surface area (Å²) in [5.41, 5.74) is 11.3. The van der Waals surface area contributed by atoms with Gasteiger partial charge in [-0.25, -0.2) is 8.42 Å². The maximum absolute atomic E-state index is 12.2. The van der Waals surface area contributed by atoms with Gasteiger partial charge in [0.2, 0.25) is 0 Å². The molecule has 0 saturated heterocycles. The summed E-state index contributed by atoms with van der Waals surface area (Å²) in [6.07, 6.45) is 4.00. The average molecular weight is 460 g/mol. The number of halogens is 1. The predicted octanol–water partition coefficient (Wildman–Crippen LogP) is 5.05. The summed E-state index contributed by atoms with van der Waals surface area (Å²) in [7, 11) is 1.13. The number of nitrogens with zero attached hydrogens (tertiary/aromatic N) is 1. The van der Waals surface area contributed by atoms with Crippen LogP contribution in [0.3, 0.4) is 0 Å². The van der Waals surface area contributed by atoms with Crippen molar-refractivity contribution in [1.82, 2.24) is 0 Å². The molecule has 24 heavy (non-hydrogen) atoms. The Labute approximate surface area is 161 Å². The SMILES string of the molecule is Cc1cccc(C)c1CCS(=O)(=O)[N-]C1CCCCC1[NH-].[CH3-].[Cl][Ru+3]. The summed E-state index contributed by atoms with van der Waals surface area (Å²) in [6.45, 7) is 4.01. The van der Waals surface area contributed by atoms with Crippen LogP contribution in [0, 0.1) is 21.3 Å². The molecule has 0 aromatic heterocycles. The fraction of sp³-hybridized carbons (Fsp3) is 0.588. The third kappa shape index (κ3) is 7.49. The molecule has 0 spiro atoms. The van der Waals surface area contributed by atoms with Gasteiger partial charge >= 0.3 is 27.0 Å². The van der Waals surface area contributed by atoms with Gasteiger partial charge < -0.3 is 17.9 Å². The van der Waals surface area contributed by atoms with E-state index in [1.165, 1.54) is 0 Å². The van der Waals surface area contributed by atoms with Crippen molar-refractivity contribution in [3.05, 3.63) is 52.8 Å². The number of hydrogen-bond acceptors (Lipinski definition) is 2. The molecule has 1 fully saturated rings. The molecule has 7 heteroatoms. The van der Waals surface area contributed by atoms with Crippen molar-refractivity contribution in [2.75, 3.05) is 5.75 Å². The Balaban J connectivity index is 0.00000170. The second-order valence-electron chi connectivity index (χ2n) is 5.97. The summed E-state index contributed by atoms with van der Waals surface area (Å²) >= 11 is 1.82. The van der Waals surface area contributed by atoms with E-state index in [1.54, 1.807) is 0 Å². The Bertz CT molecular complexity index is 576. The molecule has 1 aromatic rings. The van der Waals surface area contributed by atoms with Gasteiger partial charge in [0.25, 0.3) is 0 Å². The van der Waals surface area contributed by atoms with Crippen molar-refractivity contribution in [3.63, 3.8) is 0 Å². The van der Waals surface area contributed by atoms with Crippen LogP contribution in [0.2, 0.25) is 0 Å². The maximum atomic E-state index is 12.2. The normalized spacial score (nSPS) is 20.5. The van der Waals surface area contributed by atoms with Crippen molar-refractivity contribution >= 4 is 19.7 Å². The second-order valence-corrected chi connectivity index (χ2v) is 7.75. The van der Waals surface area contributed by atoms with Crippen LogP contribution >= 0.6 is 9.69 Å². The molecule has 0 radical (unpaired) electrons. The average Bonchev–Trinajstić information content (AvgIpc) is 2.51. The molecular formula is C17H27ClN2O2RuS. The first-order chi connectivity index (χ1) is 10.9. The first kappa shape index (κ1) is 24.0. The number of benzene rings is 1. The van der Waals surface area contributed by atoms with Gasteiger partial charge in [-0.3, -0.25) is 0 Å². The summed E-state index contributed by atoms with van der Waals surface area (Å²) < 4.78 is 28.4. The van der Waals surface area contributed by atoms with E-state index < -0.39 is 10.0 Å². The molecule has 1 aliphatic rings. The molecule has 1 aromatic carbocycles. The Hall–Kier alpha value is 0.00338. The van der Waals surface area contributed by atoms with Crippen LogP contribution in [0.1, 0.15) is 42.4 Å². The van der Waals surface area contributed by atoms with Gasteiger partial charge in [0.15, 0.2) is 0 Å². The van der Waals surface area contributed by atoms with Crippen LogP contribution < -0.4 is 0 Å². The first-order valence-corrected chi connectivity index (χ1v) is 11.6. The zero-order valence-electron chi connectivity index (χ0n) is 14.5. The molecule has 1 aliphatic carbocycles. The number of rotatable bonds is 5. The van der Waals surface area contributed by atoms with E-state index in [0.29, 0.717) is 6.42 Å². The Kier molecular flexibility index (Phi) is 11.6. The van der Waals surface area contributed by atoms with E-state index in [4.69, 9.17) is 5.73 Å². The van der Waals surface area contributed by atoms with Gasteiger partial charge in [0, 0.05) is 5.75 Å². The number of sulfonamides is 1. The fourth-order valence-corrected chi connectivity index (χ4v) is 4.20. The minimum absolute atomic E-state index is 0. The molecule has 0 bridgehead atoms. The fourth-order valence-electron chi connectivity index (χ4n) is 2.97. The summed E-state index contributed by atoms with van der Waals surface area (Å²) in [4.78, 5) is 0. The van der Waals surface area contributed by atoms with Crippen molar-refractivity contribution in [2.24, 2.45) is 0 Å². The Morgan fingerprint density at radius 1 is 1.21 bits per heavy atom. The Morgan fingerprint density at radius 3 is 2.29 bits per heavy atom. The van der Waals surface area contributed by atoms with Crippen LogP contribution in [0.4, 0.5) is 0 Å². The van der Waals surface area contributed by atoms with E-state index in [1.807, 2.05) is 49.4 Å². The van der Waals surface area contributed by atoms with Gasteiger partial charge in [0.1, 0.15) is 0 Å². The molecule has 4 nitrogen and oxygen atoms in total. The molecule has 1 saturated carbocycles. The van der Waals surface area contributed by atoms with Crippen LogP contribution in [0.15, 0.2) is 18.2 Å². The van der Waals surface area contributed by atoms with Crippen LogP contribution in [-0.4, -0.2) is 26.3 Å². The summed E-state index contributed by atoms with van der Waals surface area (Å²) in [5.74, 6) is 0.0436. The van der Waals surface area contributed by atoms with Crippen molar-refractivity contribution in [1.29, 1.82) is 0 Å². The molecule has 2 rings (SSSR count). The van der Waals surface area contributed by atoms with Crippen LogP contribution in [0.25, 0.3) is 10.5 Å². The van der Waals surface area contributed by atoms with E-state index in [-0.39, 0.29) is 25.3 Å². The second kappa shape index (κ2) is 11.6. The van der Waals surface area contributed by atoms with Crippen molar-refractivity contribution in [2.45, 2.75) is 58.0 Å². The molecule has 138 valence electrons. The molecule has 0 heterocycles. The van der Waals surface area contributed by atoms with Gasteiger partial charge in [-0.1, -0.05) is 43.9 Å². The molecule has 1 N–H and O–H groups in total. The van der Waals surface area contributed by atoms with Crippen LogP contribution in [0.5, 0.6) is 0 Å². The predicted molar refractivity (Wildman–Crippen MR) is 99.4 cm³/mol. The molecule has 0 amide bonds. The quantitative estimate of drug-likeness (QED) is 0.456. The van der Waals surface area contributed by atoms with Crippen LogP contribution in [-0.2, 0) is 33.8 Å². The van der Waals surface area contributed by atoms with Gasteiger partial charge in [-0.05, 0) is 37.0 Å². The number of aryl methyl sites for hydroxylation is 2. The molecule has 2 unspecified atom stereocenters. The minimum atomic E-state index is -3.44. The third-order valence-corrected chi connectivity index (χ3v) is 5.59. The van der Waals surface area contributed by atoms with E-state index in [2.05, 4.69) is 14.4 Å². The summed E-state index contributed by atoms with van der Waals surface area (Å²) in [5, 5.41) is 0. The Morgan fingerprint density at radius 2 is 1.75 bits per heavy atom. The number of nitrogens with one attached hydrogen (secondary N) is 1. The van der Waals surface area contributed by atoms with Crippen molar-refractivity contribution in [3.8, 4) is 0 Å². The van der Waals surface area contributed by atoms with E-state index in [9.17, 15) is 8.42 Å². The van der Waals surface area contributed by atoms with Gasteiger partial charge in [0.05, 0.1) is 10.0 Å². The zero-order chi connectivity index (χ0) is 17.5. The molecule has 2 atom stereocenters. The van der Waals surface area contributed by atoms with Crippen molar-refractivity contribution < 1.29 is 25.7 Å². The zero-order valence-corrected chi connectivity index (χ0v) is 17.8. The van der Waals surface area contributed by atoms with E-state index in [0.717, 1.165) is 42.4 Å². The molecular weight excluding hydrogens is 433 g/mol. The third-order valence-electron chi connectivity index (χ3n) is 4.28. The van der Waals surface area contributed by atoms with Gasteiger partial charge in [-0.15, -0.1) is 6.04 Å².